The lowest BCUT2D eigenvalue weighted by Crippen LogP contribution is -2.41. The Bertz CT molecular complexity index is 1200. The molecule has 0 aliphatic carbocycles. The molecule has 0 saturated heterocycles. The van der Waals surface area contributed by atoms with E-state index >= 15 is 0 Å². The molecule has 0 aromatic carbocycles. The average Bonchev–Trinajstić information content (AvgIpc) is 3.34. The van der Waals surface area contributed by atoms with Gasteiger partial charge in [-0.15, -0.1) is 0 Å². The maximum Gasteiger partial charge on any atom is 0.326 e. The molecule has 0 aliphatic rings. The van der Waals surface area contributed by atoms with Crippen LogP contribution in [0.15, 0.2) is 5.22 Å². The smallest absolute Gasteiger partial charge is 0.326 e. The van der Waals surface area contributed by atoms with Crippen LogP contribution in [0.4, 0.5) is 0 Å². The average molecular weight is 1010 g/mol. The van der Waals surface area contributed by atoms with E-state index < -0.39 is 18.0 Å². The minimum Gasteiger partial charge on any atom is -0.481 e. The van der Waals surface area contributed by atoms with Crippen molar-refractivity contribution in [2.45, 2.75) is 122 Å². The molecule has 0 spiro atoms. The Balaban J connectivity index is 3.40. The van der Waals surface area contributed by atoms with Crippen molar-refractivity contribution in [1.82, 2.24) is 15.8 Å². The highest BCUT2D eigenvalue weighted by atomic mass is 16.6. The molecule has 412 valence electrons. The summed E-state index contributed by atoms with van der Waals surface area (Å²) >= 11 is 0. The number of ether oxygens (including phenoxy) is 11. The molecule has 0 radical (unpaired) electrons. The fraction of sp³-hybridized carbons (Fsp3) is 0.915. The second-order valence-electron chi connectivity index (χ2n) is 16.1. The molecule has 0 bridgehead atoms. The lowest BCUT2D eigenvalue weighted by atomic mass is 10.0. The molecule has 0 unspecified atom stereocenters. The van der Waals surface area contributed by atoms with E-state index in [2.05, 4.69) is 15.9 Å². The minimum atomic E-state index is -1.16. The van der Waals surface area contributed by atoms with Crippen molar-refractivity contribution < 1.29 is 86.7 Å². The van der Waals surface area contributed by atoms with Crippen LogP contribution in [0.1, 0.15) is 116 Å². The van der Waals surface area contributed by atoms with Gasteiger partial charge in [-0.1, -0.05) is 82.3 Å². The number of carbonyl (C=O) groups excluding carboxylic acids is 2. The summed E-state index contributed by atoms with van der Waals surface area (Å²) in [6.45, 7) is 9.56. The molecule has 0 aromatic heterocycles. The Morgan fingerprint density at radius 3 is 1.03 bits per heavy atom. The van der Waals surface area contributed by atoms with Crippen LogP contribution in [0.3, 0.4) is 0 Å². The molecule has 0 aromatic rings. The van der Waals surface area contributed by atoms with Crippen molar-refractivity contribution in [3.8, 4) is 0 Å². The summed E-state index contributed by atoms with van der Waals surface area (Å²) in [5, 5.41) is 35.7. The topological polar surface area (TPSA) is 294 Å². The number of hydrogen-bond acceptors (Lipinski definition) is 18. The molecule has 0 rings (SSSR count). The van der Waals surface area contributed by atoms with Gasteiger partial charge in [-0.25, -0.2) is 4.79 Å². The summed E-state index contributed by atoms with van der Waals surface area (Å²) in [4.78, 5) is 46.8. The summed E-state index contributed by atoms with van der Waals surface area (Å²) in [5.74, 6) is -2.49. The Kier molecular flexibility index (Phi) is 52.6. The molecule has 0 saturated carbocycles. The Morgan fingerprint density at radius 1 is 0.414 bits per heavy atom. The number of amides is 2. The van der Waals surface area contributed by atoms with E-state index in [1.807, 2.05) is 0 Å². The monoisotopic (exact) mass is 1010 g/mol. The van der Waals surface area contributed by atoms with Gasteiger partial charge in [0.25, 0.3) is 0 Å². The molecule has 2 amide bonds. The lowest BCUT2D eigenvalue weighted by molar-refractivity contribution is -0.142. The number of rotatable bonds is 59. The molecule has 23 heteroatoms. The first-order valence-electron chi connectivity index (χ1n) is 25.5. The van der Waals surface area contributed by atoms with Gasteiger partial charge in [0.05, 0.1) is 152 Å². The van der Waals surface area contributed by atoms with Gasteiger partial charge in [0.15, 0.2) is 0 Å². The Labute approximate surface area is 416 Å². The van der Waals surface area contributed by atoms with Gasteiger partial charge in [-0.3, -0.25) is 19.6 Å². The van der Waals surface area contributed by atoms with Crippen LogP contribution in [0.25, 0.3) is 0 Å². The first-order chi connectivity index (χ1) is 34.3. The Hall–Kier alpha value is -3.20. The third-order valence-corrected chi connectivity index (χ3v) is 10.2. The number of nitrogens with one attached hydrogen (secondary N) is 3. The van der Waals surface area contributed by atoms with Crippen LogP contribution in [0, 0.1) is 5.53 Å². The number of carboxylic acids is 2. The highest BCUT2D eigenvalue weighted by molar-refractivity contribution is 5.84. The fourth-order valence-corrected chi connectivity index (χ4v) is 6.33. The number of hydrogen-bond donors (Lipinski definition) is 6. The zero-order valence-electron chi connectivity index (χ0n) is 42.1. The predicted molar refractivity (Wildman–Crippen MR) is 256 cm³/mol. The molecular weight excluding hydrogens is 923 g/mol. The van der Waals surface area contributed by atoms with E-state index in [4.69, 9.17) is 68.0 Å². The van der Waals surface area contributed by atoms with E-state index in [0.717, 1.165) is 38.5 Å². The van der Waals surface area contributed by atoms with Crippen LogP contribution in [-0.2, 0) is 71.3 Å². The van der Waals surface area contributed by atoms with E-state index in [0.29, 0.717) is 144 Å². The minimum absolute atomic E-state index is 0.00379. The summed E-state index contributed by atoms with van der Waals surface area (Å²) < 4.78 is 59.8. The summed E-state index contributed by atoms with van der Waals surface area (Å²) in [5.41, 5.74) is 6.58. The fourth-order valence-electron chi connectivity index (χ4n) is 6.33. The van der Waals surface area contributed by atoms with E-state index in [1.165, 1.54) is 44.9 Å². The van der Waals surface area contributed by atoms with Crippen LogP contribution in [0.5, 0.6) is 0 Å². The van der Waals surface area contributed by atoms with Crippen molar-refractivity contribution in [3.63, 3.8) is 0 Å². The molecule has 0 heterocycles. The van der Waals surface area contributed by atoms with Gasteiger partial charge >= 0.3 is 11.9 Å². The first-order valence-corrected chi connectivity index (χ1v) is 25.5. The van der Waals surface area contributed by atoms with Crippen molar-refractivity contribution in [3.05, 3.63) is 0 Å². The zero-order chi connectivity index (χ0) is 51.1. The summed E-state index contributed by atoms with van der Waals surface area (Å²) in [6, 6.07) is -1.11. The van der Waals surface area contributed by atoms with E-state index in [1.54, 1.807) is 0 Å². The second kappa shape index (κ2) is 55.1. The van der Waals surface area contributed by atoms with E-state index in [-0.39, 0.29) is 63.8 Å². The third-order valence-electron chi connectivity index (χ3n) is 10.2. The van der Waals surface area contributed by atoms with Crippen LogP contribution in [0.2, 0.25) is 0 Å². The van der Waals surface area contributed by atoms with Gasteiger partial charge in [0.1, 0.15) is 6.04 Å². The van der Waals surface area contributed by atoms with Crippen molar-refractivity contribution in [2.75, 3.05) is 158 Å². The van der Waals surface area contributed by atoms with Crippen LogP contribution in [-0.4, -0.2) is 209 Å². The standard InChI is InChI=1S/C47H91N5O18/c48-51-52(59)20-22-61-24-26-63-28-30-65-32-34-67-36-38-69-40-42-70-41-39-68-37-35-66-33-31-64-29-27-62-25-23-60-21-19-49-44(53)18-17-43(47(57)58)50-45(54)15-13-11-9-7-5-3-1-2-4-6-8-10-12-14-16-46(55)56/h43,48,59H,1-42H2,(H,49,53)(H,50,54)(H,55,56)(H,57,58)/t43-/m0/s1. The molecule has 23 nitrogen and oxygen atoms in total. The Morgan fingerprint density at radius 2 is 0.714 bits per heavy atom. The van der Waals surface area contributed by atoms with Crippen molar-refractivity contribution in [2.24, 2.45) is 5.22 Å². The quantitative estimate of drug-likeness (QED) is 0.0276. The number of unbranched alkanes of at least 4 members (excludes halogenated alkanes) is 13. The largest absolute Gasteiger partial charge is 0.481 e. The van der Waals surface area contributed by atoms with E-state index in [9.17, 15) is 24.3 Å². The van der Waals surface area contributed by atoms with Gasteiger partial charge in [0, 0.05) is 25.8 Å². The summed E-state index contributed by atoms with van der Waals surface area (Å²) in [6.07, 6.45) is 15.7. The van der Waals surface area contributed by atoms with Gasteiger partial charge in [-0.05, 0) is 19.3 Å². The SMILES string of the molecule is N=NN(O)CCOCCOCCOCCOCCOCCOCCOCCOCCOCCOCCOCCNC(=O)CC[C@H](NC(=O)CCCCCCCCCCCCCCCCC(=O)O)C(=O)O. The predicted octanol–water partition coefficient (Wildman–Crippen LogP) is 4.60. The first kappa shape index (κ1) is 66.8. The molecule has 0 aliphatic heterocycles. The molecule has 0 fully saturated rings. The number of hydroxylamine groups is 1. The number of aliphatic carboxylic acids is 2. The maximum atomic E-state index is 12.3. The zero-order valence-corrected chi connectivity index (χ0v) is 42.1. The number of carboxylic acid groups (broad SMARTS) is 2. The van der Waals surface area contributed by atoms with Gasteiger partial charge < -0.3 is 73.0 Å². The van der Waals surface area contributed by atoms with Crippen molar-refractivity contribution in [1.29, 1.82) is 5.53 Å². The third kappa shape index (κ3) is 54.1. The number of carbonyl (C=O) groups is 4. The number of nitrogens with zero attached hydrogens (tertiary/aromatic N) is 2. The van der Waals surface area contributed by atoms with Gasteiger partial charge in [0.2, 0.25) is 11.8 Å². The van der Waals surface area contributed by atoms with Crippen molar-refractivity contribution >= 4 is 23.8 Å². The van der Waals surface area contributed by atoms with Crippen LogP contribution >= 0.6 is 0 Å². The second-order valence-corrected chi connectivity index (χ2v) is 16.1. The highest BCUT2D eigenvalue weighted by Crippen LogP contribution is 2.14. The molecule has 70 heavy (non-hydrogen) atoms. The molecular formula is C47H91N5O18. The summed E-state index contributed by atoms with van der Waals surface area (Å²) in [7, 11) is 0. The normalized spacial score (nSPS) is 11.7. The highest BCUT2D eigenvalue weighted by Gasteiger charge is 2.20. The molecule has 1 atom stereocenters. The van der Waals surface area contributed by atoms with Gasteiger partial charge in [-0.2, -0.15) is 10.7 Å². The lowest BCUT2D eigenvalue weighted by Gasteiger charge is -2.14. The maximum absolute atomic E-state index is 12.3. The molecule has 6 N–H and O–H groups in total. The van der Waals surface area contributed by atoms with Crippen LogP contribution < -0.4 is 10.6 Å².